The van der Waals surface area contributed by atoms with E-state index in [1.807, 2.05) is 0 Å². The maximum Gasteiger partial charge on any atom is 0.314 e. The molecule has 5 heteroatoms. The lowest BCUT2D eigenvalue weighted by Gasteiger charge is -2.43. The first-order valence-corrected chi connectivity index (χ1v) is 19.9. The predicted molar refractivity (Wildman–Crippen MR) is 166 cm³/mol. The fourth-order valence-corrected chi connectivity index (χ4v) is 17.5. The average Bonchev–Trinajstić information content (AvgIpc) is 2.87. The first kappa shape index (κ1) is 35.9. The van der Waals surface area contributed by atoms with Crippen molar-refractivity contribution in [1.82, 2.24) is 0 Å². The Hall–Kier alpha value is 0.890. The summed E-state index contributed by atoms with van der Waals surface area (Å²) in [6.45, 7) is 20.5. The fourth-order valence-electron chi connectivity index (χ4n) is 5.19. The van der Waals surface area contributed by atoms with Gasteiger partial charge in [0, 0.05) is 9.49 Å². The molecule has 0 aromatic heterocycles. The molecule has 212 valence electrons. The molecule has 0 N–H and O–H groups in total. The topological polar surface area (TPSA) is 26.3 Å². The lowest BCUT2D eigenvalue weighted by Crippen LogP contribution is -2.32. The Bertz CT molecular complexity index is 478. The van der Waals surface area contributed by atoms with Gasteiger partial charge in [0.25, 0.3) is 0 Å². The van der Waals surface area contributed by atoms with Gasteiger partial charge in [-0.25, -0.2) is 0 Å². The van der Waals surface area contributed by atoms with Gasteiger partial charge >= 0.3 is 5.77 Å². The van der Waals surface area contributed by atoms with Crippen LogP contribution in [0, 0.1) is 0 Å². The van der Waals surface area contributed by atoms with Gasteiger partial charge in [-0.1, -0.05) is 143 Å². The van der Waals surface area contributed by atoms with Gasteiger partial charge in [-0.2, -0.15) is 0 Å². The minimum absolute atomic E-state index is 0.0466. The normalized spacial score (nSPS) is 13.5. The van der Waals surface area contributed by atoms with Gasteiger partial charge in [-0.3, -0.25) is 4.57 Å². The van der Waals surface area contributed by atoms with Gasteiger partial charge in [0.15, 0.2) is 0 Å². The summed E-state index contributed by atoms with van der Waals surface area (Å²) in [6, 6.07) is 0. The van der Waals surface area contributed by atoms with Crippen molar-refractivity contribution >= 4 is 28.5 Å². The third-order valence-corrected chi connectivity index (χ3v) is 17.3. The molecule has 0 unspecified atom stereocenters. The van der Waals surface area contributed by atoms with E-state index in [0.29, 0.717) is 0 Å². The molecule has 0 rings (SSSR count). The van der Waals surface area contributed by atoms with Gasteiger partial charge in [-0.05, 0) is 57.8 Å². The summed E-state index contributed by atoms with van der Waals surface area (Å²) in [5.41, 5.74) is -0.266. The Morgan fingerprint density at radius 1 is 0.514 bits per heavy atom. The minimum Gasteiger partial charge on any atom is -0.307 e. The second-order valence-corrected chi connectivity index (χ2v) is 18.6. The van der Waals surface area contributed by atoms with Crippen LogP contribution in [0.2, 0.25) is 0 Å². The molecule has 0 spiro atoms. The molecular formula is C30H63O2PS2. The van der Waals surface area contributed by atoms with Crippen molar-refractivity contribution in [2.45, 2.75) is 193 Å². The van der Waals surface area contributed by atoms with E-state index in [-0.39, 0.29) is 15.1 Å². The summed E-state index contributed by atoms with van der Waals surface area (Å²) in [4.78, 5) is 0. The van der Waals surface area contributed by atoms with Crippen molar-refractivity contribution < 1.29 is 9.09 Å². The van der Waals surface area contributed by atoms with E-state index < -0.39 is 5.77 Å². The first-order valence-electron chi connectivity index (χ1n) is 15.4. The number of hydrogen-bond donors (Lipinski definition) is 0. The van der Waals surface area contributed by atoms with Crippen LogP contribution in [0.4, 0.5) is 0 Å². The number of hydrogen-bond acceptors (Lipinski definition) is 4. The molecule has 0 aliphatic heterocycles. The van der Waals surface area contributed by atoms with Crippen molar-refractivity contribution in [3.63, 3.8) is 0 Å². The molecule has 0 heterocycles. The Morgan fingerprint density at radius 2 is 0.857 bits per heavy atom. The third-order valence-electron chi connectivity index (χ3n) is 8.49. The molecule has 0 saturated heterocycles. The van der Waals surface area contributed by atoms with Gasteiger partial charge < -0.3 is 4.52 Å². The summed E-state index contributed by atoms with van der Waals surface area (Å²) >= 11 is 3.56. The molecule has 0 amide bonds. The second-order valence-electron chi connectivity index (χ2n) is 10.8. The van der Waals surface area contributed by atoms with E-state index in [2.05, 4.69) is 62.3 Å². The highest BCUT2D eigenvalue weighted by Gasteiger charge is 2.47. The van der Waals surface area contributed by atoms with Crippen molar-refractivity contribution in [3.05, 3.63) is 0 Å². The number of rotatable bonds is 24. The summed E-state index contributed by atoms with van der Waals surface area (Å²) in [5, 5.41) is 0. The third kappa shape index (κ3) is 12.5. The quantitative estimate of drug-likeness (QED) is 0.0881. The SMILES string of the molecule is CCCCCC(CC)(CC)OP(=O)(SC(CC)(CC)CCCCC)SC(CC)(CC)CCCCC. The molecule has 0 aliphatic rings. The zero-order valence-electron chi connectivity index (χ0n) is 25.3. The van der Waals surface area contributed by atoms with Crippen LogP contribution >= 0.6 is 28.5 Å². The molecule has 2 nitrogen and oxygen atoms in total. The summed E-state index contributed by atoms with van der Waals surface area (Å²) in [6.07, 6.45) is 20.5. The van der Waals surface area contributed by atoms with Crippen LogP contribution in [-0.4, -0.2) is 15.1 Å². The highest BCUT2D eigenvalue weighted by Crippen LogP contribution is 2.80. The largest absolute Gasteiger partial charge is 0.314 e. The summed E-state index contributed by atoms with van der Waals surface area (Å²) < 4.78 is 22.4. The average molecular weight is 551 g/mol. The van der Waals surface area contributed by atoms with E-state index in [0.717, 1.165) is 57.8 Å². The van der Waals surface area contributed by atoms with Crippen molar-refractivity contribution in [2.24, 2.45) is 0 Å². The Kier molecular flexibility index (Phi) is 19.5. The van der Waals surface area contributed by atoms with Crippen molar-refractivity contribution in [2.75, 3.05) is 0 Å². The van der Waals surface area contributed by atoms with E-state index in [1.54, 1.807) is 22.8 Å². The smallest absolute Gasteiger partial charge is 0.307 e. The van der Waals surface area contributed by atoms with Crippen molar-refractivity contribution in [1.29, 1.82) is 0 Å². The van der Waals surface area contributed by atoms with E-state index >= 15 is 4.57 Å². The van der Waals surface area contributed by atoms with Crippen LogP contribution in [0.15, 0.2) is 0 Å². The molecule has 0 fully saturated rings. The maximum absolute atomic E-state index is 15.2. The maximum atomic E-state index is 15.2. The molecule has 0 atom stereocenters. The highest BCUT2D eigenvalue weighted by molar-refractivity contribution is 8.89. The zero-order chi connectivity index (χ0) is 26.8. The minimum atomic E-state index is -3.00. The first-order chi connectivity index (χ1) is 16.7. The molecule has 35 heavy (non-hydrogen) atoms. The van der Waals surface area contributed by atoms with Crippen LogP contribution in [-0.2, 0) is 9.09 Å². The second kappa shape index (κ2) is 19.0. The lowest BCUT2D eigenvalue weighted by atomic mass is 9.91. The predicted octanol–water partition coefficient (Wildman–Crippen LogP) is 13.0. The van der Waals surface area contributed by atoms with Crippen molar-refractivity contribution in [3.8, 4) is 0 Å². The summed E-state index contributed by atoms with van der Waals surface area (Å²) in [5.74, 6) is -3.00. The molecular weight excluding hydrogens is 487 g/mol. The van der Waals surface area contributed by atoms with Gasteiger partial charge in [0.05, 0.1) is 5.60 Å². The van der Waals surface area contributed by atoms with Crippen LogP contribution < -0.4 is 0 Å². The molecule has 0 aromatic rings. The Morgan fingerprint density at radius 3 is 1.14 bits per heavy atom. The van der Waals surface area contributed by atoms with Crippen LogP contribution in [0.1, 0.15) is 178 Å². The Labute approximate surface area is 230 Å². The van der Waals surface area contributed by atoms with E-state index in [9.17, 15) is 0 Å². The van der Waals surface area contributed by atoms with Gasteiger partial charge in [0.1, 0.15) is 0 Å². The standard InChI is InChI=1S/C30H63O2PS2/c1-10-19-22-25-28(13-4,14-5)32-33(31,34-29(15-6,16-7)26-23-20-11-2)35-30(17-8,18-9)27-24-21-12-3/h10-27H2,1-9H3. The van der Waals surface area contributed by atoms with Gasteiger partial charge in [-0.15, -0.1) is 0 Å². The van der Waals surface area contributed by atoms with Crippen LogP contribution in [0.3, 0.4) is 0 Å². The molecule has 0 saturated carbocycles. The molecule has 0 bridgehead atoms. The zero-order valence-corrected chi connectivity index (χ0v) is 27.8. The lowest BCUT2D eigenvalue weighted by molar-refractivity contribution is 0.0595. The summed E-state index contributed by atoms with van der Waals surface area (Å²) in [7, 11) is 0. The fraction of sp³-hybridized carbons (Fsp3) is 1.00. The number of unbranched alkanes of at least 4 members (excludes halogenated alkanes) is 6. The van der Waals surface area contributed by atoms with Gasteiger partial charge in [0.2, 0.25) is 0 Å². The van der Waals surface area contributed by atoms with Crippen LogP contribution in [0.25, 0.3) is 0 Å². The van der Waals surface area contributed by atoms with Crippen LogP contribution in [0.5, 0.6) is 0 Å². The Balaban J connectivity index is 6.31. The molecule has 0 aliphatic carbocycles. The highest BCUT2D eigenvalue weighted by atomic mass is 33.1. The molecule has 0 aromatic carbocycles. The van der Waals surface area contributed by atoms with E-state index in [1.165, 1.54) is 57.8 Å². The van der Waals surface area contributed by atoms with E-state index in [4.69, 9.17) is 4.52 Å². The monoisotopic (exact) mass is 550 g/mol. The molecule has 0 radical (unpaired) electrons.